The van der Waals surface area contributed by atoms with E-state index >= 15 is 0 Å². The molecule has 1 aliphatic heterocycles. The standard InChI is InChI=1S/C16H22N4/c1-19-9-5-6-13(10-17)16(19)14-11-18-20(12-14)15-7-3-2-4-8-15/h2-4,7-8,11-13,16H,5-6,9-10,17H2,1H3. The molecule has 106 valence electrons. The molecule has 2 atom stereocenters. The van der Waals surface area contributed by atoms with Crippen LogP contribution in [-0.2, 0) is 0 Å². The minimum atomic E-state index is 0.395. The first-order chi connectivity index (χ1) is 9.79. The summed E-state index contributed by atoms with van der Waals surface area (Å²) in [5, 5.41) is 4.51. The molecule has 0 saturated carbocycles. The maximum absolute atomic E-state index is 5.96. The quantitative estimate of drug-likeness (QED) is 0.930. The molecule has 2 aromatic rings. The minimum Gasteiger partial charge on any atom is -0.330 e. The van der Waals surface area contributed by atoms with E-state index in [0.29, 0.717) is 12.0 Å². The van der Waals surface area contributed by atoms with E-state index in [1.54, 1.807) is 0 Å². The van der Waals surface area contributed by atoms with Crippen LogP contribution in [0.1, 0.15) is 24.4 Å². The van der Waals surface area contributed by atoms with Gasteiger partial charge >= 0.3 is 0 Å². The molecule has 0 aliphatic carbocycles. The fourth-order valence-electron chi connectivity index (χ4n) is 3.24. The molecular weight excluding hydrogens is 248 g/mol. The van der Waals surface area contributed by atoms with Crippen molar-refractivity contribution in [2.75, 3.05) is 20.1 Å². The maximum Gasteiger partial charge on any atom is 0.0645 e. The van der Waals surface area contributed by atoms with Gasteiger partial charge in [-0.05, 0) is 51.0 Å². The second-order valence-corrected chi connectivity index (χ2v) is 5.62. The maximum atomic E-state index is 5.96. The Morgan fingerprint density at radius 1 is 1.30 bits per heavy atom. The number of nitrogens with zero attached hydrogens (tertiary/aromatic N) is 3. The van der Waals surface area contributed by atoms with Crippen molar-refractivity contribution in [1.29, 1.82) is 0 Å². The Morgan fingerprint density at radius 3 is 2.85 bits per heavy atom. The molecule has 2 N–H and O–H groups in total. The van der Waals surface area contributed by atoms with Crippen molar-refractivity contribution in [3.8, 4) is 5.69 Å². The summed E-state index contributed by atoms with van der Waals surface area (Å²) in [7, 11) is 2.19. The Hall–Kier alpha value is -1.65. The number of nitrogens with two attached hydrogens (primary N) is 1. The highest BCUT2D eigenvalue weighted by Gasteiger charge is 2.30. The number of hydrogen-bond acceptors (Lipinski definition) is 3. The third-order valence-corrected chi connectivity index (χ3v) is 4.27. The molecule has 3 rings (SSSR count). The molecule has 1 saturated heterocycles. The van der Waals surface area contributed by atoms with Gasteiger partial charge in [0, 0.05) is 17.8 Å². The predicted molar refractivity (Wildman–Crippen MR) is 80.7 cm³/mol. The van der Waals surface area contributed by atoms with Gasteiger partial charge in [-0.2, -0.15) is 5.10 Å². The topological polar surface area (TPSA) is 47.1 Å². The Kier molecular flexibility index (Phi) is 3.85. The van der Waals surface area contributed by atoms with Crippen molar-refractivity contribution < 1.29 is 0 Å². The summed E-state index contributed by atoms with van der Waals surface area (Å²) in [5.74, 6) is 0.530. The number of rotatable bonds is 3. The van der Waals surface area contributed by atoms with Crippen LogP contribution >= 0.6 is 0 Å². The van der Waals surface area contributed by atoms with Crippen LogP contribution in [0.4, 0.5) is 0 Å². The lowest BCUT2D eigenvalue weighted by Gasteiger charge is -2.38. The second kappa shape index (κ2) is 5.77. The van der Waals surface area contributed by atoms with Crippen molar-refractivity contribution in [1.82, 2.24) is 14.7 Å². The third kappa shape index (κ3) is 2.49. The van der Waals surface area contributed by atoms with Crippen LogP contribution in [0.3, 0.4) is 0 Å². The Labute approximate surface area is 120 Å². The van der Waals surface area contributed by atoms with Crippen molar-refractivity contribution in [2.45, 2.75) is 18.9 Å². The number of para-hydroxylation sites is 1. The van der Waals surface area contributed by atoms with E-state index in [1.165, 1.54) is 18.4 Å². The highest BCUT2D eigenvalue weighted by atomic mass is 15.3. The number of hydrogen-bond donors (Lipinski definition) is 1. The first kappa shape index (κ1) is 13.3. The van der Waals surface area contributed by atoms with Crippen molar-refractivity contribution >= 4 is 0 Å². The Balaban J connectivity index is 1.89. The zero-order valence-electron chi connectivity index (χ0n) is 11.9. The molecule has 1 aromatic heterocycles. The molecule has 0 amide bonds. The summed E-state index contributed by atoms with van der Waals surface area (Å²) in [4.78, 5) is 2.41. The molecule has 20 heavy (non-hydrogen) atoms. The van der Waals surface area contributed by atoms with E-state index in [4.69, 9.17) is 5.73 Å². The van der Waals surface area contributed by atoms with E-state index in [0.717, 1.165) is 18.8 Å². The molecule has 4 heteroatoms. The summed E-state index contributed by atoms with van der Waals surface area (Å²) in [6.45, 7) is 1.88. The summed E-state index contributed by atoms with van der Waals surface area (Å²) >= 11 is 0. The van der Waals surface area contributed by atoms with Crippen LogP contribution in [0.2, 0.25) is 0 Å². The monoisotopic (exact) mass is 270 g/mol. The smallest absolute Gasteiger partial charge is 0.0645 e. The van der Waals surface area contributed by atoms with Crippen LogP contribution in [0.25, 0.3) is 5.69 Å². The van der Waals surface area contributed by atoms with E-state index in [1.807, 2.05) is 29.1 Å². The van der Waals surface area contributed by atoms with Crippen LogP contribution in [0.5, 0.6) is 0 Å². The average molecular weight is 270 g/mol. The van der Waals surface area contributed by atoms with E-state index in [9.17, 15) is 0 Å². The lowest BCUT2D eigenvalue weighted by molar-refractivity contribution is 0.125. The van der Waals surface area contributed by atoms with Gasteiger partial charge in [0.15, 0.2) is 0 Å². The van der Waals surface area contributed by atoms with Crippen LogP contribution in [-0.4, -0.2) is 34.8 Å². The summed E-state index contributed by atoms with van der Waals surface area (Å²) < 4.78 is 1.95. The lowest BCUT2D eigenvalue weighted by Crippen LogP contribution is -2.39. The van der Waals surface area contributed by atoms with Gasteiger partial charge in [-0.25, -0.2) is 4.68 Å². The molecule has 2 heterocycles. The van der Waals surface area contributed by atoms with Gasteiger partial charge in [0.2, 0.25) is 0 Å². The molecule has 0 spiro atoms. The average Bonchev–Trinajstić information content (AvgIpc) is 2.97. The Morgan fingerprint density at radius 2 is 2.10 bits per heavy atom. The van der Waals surface area contributed by atoms with E-state index in [-0.39, 0.29) is 0 Å². The van der Waals surface area contributed by atoms with Crippen molar-refractivity contribution in [3.63, 3.8) is 0 Å². The number of likely N-dealkylation sites (tertiary alicyclic amines) is 1. The van der Waals surface area contributed by atoms with Gasteiger partial charge < -0.3 is 5.73 Å². The van der Waals surface area contributed by atoms with E-state index < -0.39 is 0 Å². The van der Waals surface area contributed by atoms with Crippen LogP contribution in [0, 0.1) is 5.92 Å². The van der Waals surface area contributed by atoms with Gasteiger partial charge in [-0.3, -0.25) is 4.90 Å². The minimum absolute atomic E-state index is 0.395. The highest BCUT2D eigenvalue weighted by molar-refractivity contribution is 5.31. The first-order valence-electron chi connectivity index (χ1n) is 7.30. The zero-order chi connectivity index (χ0) is 13.9. The summed E-state index contributed by atoms with van der Waals surface area (Å²) in [6, 6.07) is 10.6. The number of piperidine rings is 1. The number of aromatic nitrogens is 2. The fourth-order valence-corrected chi connectivity index (χ4v) is 3.24. The lowest BCUT2D eigenvalue weighted by atomic mass is 9.86. The van der Waals surface area contributed by atoms with Gasteiger partial charge in [-0.15, -0.1) is 0 Å². The first-order valence-corrected chi connectivity index (χ1v) is 7.30. The molecule has 2 unspecified atom stereocenters. The molecule has 4 nitrogen and oxygen atoms in total. The molecule has 1 aliphatic rings. The van der Waals surface area contributed by atoms with Crippen molar-refractivity contribution in [3.05, 3.63) is 48.3 Å². The zero-order valence-corrected chi connectivity index (χ0v) is 11.9. The largest absolute Gasteiger partial charge is 0.330 e. The summed E-state index contributed by atoms with van der Waals surface area (Å²) in [5.41, 5.74) is 8.33. The van der Waals surface area contributed by atoms with Gasteiger partial charge in [0.1, 0.15) is 0 Å². The SMILES string of the molecule is CN1CCCC(CN)C1c1cnn(-c2ccccc2)c1. The normalized spacial score (nSPS) is 23.9. The Bertz CT molecular complexity index is 549. The predicted octanol–water partition coefficient (Wildman–Crippen LogP) is 2.21. The van der Waals surface area contributed by atoms with Gasteiger partial charge in [0.25, 0.3) is 0 Å². The molecule has 0 bridgehead atoms. The third-order valence-electron chi connectivity index (χ3n) is 4.27. The second-order valence-electron chi connectivity index (χ2n) is 5.62. The van der Waals surface area contributed by atoms with Crippen molar-refractivity contribution in [2.24, 2.45) is 11.7 Å². The molecular formula is C16H22N4. The van der Waals surface area contributed by atoms with Crippen LogP contribution < -0.4 is 5.73 Å². The van der Waals surface area contributed by atoms with Gasteiger partial charge in [0.05, 0.1) is 11.9 Å². The van der Waals surface area contributed by atoms with Crippen LogP contribution in [0.15, 0.2) is 42.7 Å². The highest BCUT2D eigenvalue weighted by Crippen LogP contribution is 2.34. The number of benzene rings is 1. The van der Waals surface area contributed by atoms with Gasteiger partial charge in [-0.1, -0.05) is 18.2 Å². The molecule has 0 radical (unpaired) electrons. The summed E-state index contributed by atoms with van der Waals surface area (Å²) in [6.07, 6.45) is 6.58. The molecule has 1 aromatic carbocycles. The molecule has 1 fully saturated rings. The van der Waals surface area contributed by atoms with E-state index in [2.05, 4.69) is 35.4 Å². The fraction of sp³-hybridized carbons (Fsp3) is 0.438.